The highest BCUT2D eigenvalue weighted by Gasteiger charge is 2.42. The lowest BCUT2D eigenvalue weighted by atomic mass is 10.0. The van der Waals surface area contributed by atoms with Crippen LogP contribution in [0.2, 0.25) is 5.02 Å². The summed E-state index contributed by atoms with van der Waals surface area (Å²) in [5, 5.41) is 0.522. The Balaban J connectivity index is 1.74. The average molecular weight is 283 g/mol. The van der Waals surface area contributed by atoms with Crippen molar-refractivity contribution in [3.05, 3.63) is 29.0 Å². The fourth-order valence-electron chi connectivity index (χ4n) is 2.56. The highest BCUT2D eigenvalue weighted by molar-refractivity contribution is 6.30. The fourth-order valence-corrected chi connectivity index (χ4v) is 2.67. The summed E-state index contributed by atoms with van der Waals surface area (Å²) in [7, 11) is 0. The van der Waals surface area contributed by atoms with Crippen LogP contribution in [0.15, 0.2) is 18.3 Å². The van der Waals surface area contributed by atoms with Crippen LogP contribution >= 0.6 is 11.6 Å². The summed E-state index contributed by atoms with van der Waals surface area (Å²) in [4.78, 5) is 18.2. The maximum absolute atomic E-state index is 12.4. The molecule has 6 heteroatoms. The van der Waals surface area contributed by atoms with Crippen LogP contribution < -0.4 is 0 Å². The van der Waals surface area contributed by atoms with E-state index in [0.29, 0.717) is 37.0 Å². The molecule has 2 aliphatic heterocycles. The number of halogens is 1. The van der Waals surface area contributed by atoms with Gasteiger partial charge in [-0.1, -0.05) is 11.6 Å². The largest absolute Gasteiger partial charge is 0.346 e. The number of nitrogens with zero attached hydrogens (tertiary/aromatic N) is 2. The van der Waals surface area contributed by atoms with Gasteiger partial charge in [0.2, 0.25) is 0 Å². The number of pyridine rings is 1. The Bertz CT molecular complexity index is 471. The number of ether oxygens (including phenoxy) is 2. The molecule has 102 valence electrons. The first-order valence-corrected chi connectivity index (χ1v) is 6.75. The minimum atomic E-state index is -0.597. The van der Waals surface area contributed by atoms with Crippen molar-refractivity contribution in [2.24, 2.45) is 0 Å². The van der Waals surface area contributed by atoms with Crippen LogP contribution in [-0.4, -0.2) is 47.9 Å². The number of aromatic nitrogens is 1. The number of hydrogen-bond donors (Lipinski definition) is 0. The summed E-state index contributed by atoms with van der Waals surface area (Å²) in [6.45, 7) is 2.37. The third kappa shape index (κ3) is 2.59. The van der Waals surface area contributed by atoms with Gasteiger partial charge in [0, 0.05) is 19.2 Å². The smallest absolute Gasteiger partial charge is 0.272 e. The van der Waals surface area contributed by atoms with E-state index in [1.165, 1.54) is 6.20 Å². The van der Waals surface area contributed by atoms with E-state index in [4.69, 9.17) is 21.1 Å². The number of rotatable bonds is 1. The minimum absolute atomic E-state index is 0.102. The molecule has 0 radical (unpaired) electrons. The van der Waals surface area contributed by atoms with Crippen molar-refractivity contribution in [1.82, 2.24) is 9.88 Å². The number of hydrogen-bond acceptors (Lipinski definition) is 4. The van der Waals surface area contributed by atoms with Crippen molar-refractivity contribution in [3.8, 4) is 0 Å². The third-order valence-electron chi connectivity index (χ3n) is 3.46. The van der Waals surface area contributed by atoms with E-state index in [-0.39, 0.29) is 5.91 Å². The molecule has 0 bridgehead atoms. The molecule has 1 spiro atoms. The fraction of sp³-hybridized carbons (Fsp3) is 0.538. The molecule has 3 heterocycles. The van der Waals surface area contributed by atoms with Gasteiger partial charge in [0.15, 0.2) is 5.79 Å². The molecule has 3 rings (SSSR count). The van der Waals surface area contributed by atoms with Crippen molar-refractivity contribution in [2.45, 2.75) is 18.6 Å². The Morgan fingerprint density at radius 3 is 2.84 bits per heavy atom. The zero-order valence-corrected chi connectivity index (χ0v) is 11.2. The molecule has 19 heavy (non-hydrogen) atoms. The molecule has 0 aliphatic carbocycles. The molecular weight excluding hydrogens is 268 g/mol. The monoisotopic (exact) mass is 282 g/mol. The summed E-state index contributed by atoms with van der Waals surface area (Å²) in [6.07, 6.45) is 3.20. The Hall–Kier alpha value is -1.17. The van der Waals surface area contributed by atoms with Crippen LogP contribution in [0, 0.1) is 0 Å². The Kier molecular flexibility index (Phi) is 3.43. The van der Waals surface area contributed by atoms with Gasteiger partial charge >= 0.3 is 0 Å². The van der Waals surface area contributed by atoms with Crippen molar-refractivity contribution >= 4 is 17.5 Å². The second kappa shape index (κ2) is 5.07. The highest BCUT2D eigenvalue weighted by Crippen LogP contribution is 2.30. The average Bonchev–Trinajstić information content (AvgIpc) is 2.87. The zero-order chi connectivity index (χ0) is 13.3. The maximum Gasteiger partial charge on any atom is 0.272 e. The van der Waals surface area contributed by atoms with E-state index >= 15 is 0 Å². The quantitative estimate of drug-likeness (QED) is 0.787. The standard InChI is InChI=1S/C13H15ClN2O3/c14-10-2-3-11(15-8-10)12(17)16-5-1-4-13(9-16)18-6-7-19-13/h2-3,8H,1,4-7,9H2. The second-order valence-electron chi connectivity index (χ2n) is 4.80. The van der Waals surface area contributed by atoms with Crippen molar-refractivity contribution in [3.63, 3.8) is 0 Å². The van der Waals surface area contributed by atoms with Gasteiger partial charge < -0.3 is 14.4 Å². The zero-order valence-electron chi connectivity index (χ0n) is 10.5. The van der Waals surface area contributed by atoms with Crippen molar-refractivity contribution in [2.75, 3.05) is 26.3 Å². The lowest BCUT2D eigenvalue weighted by molar-refractivity contribution is -0.183. The van der Waals surface area contributed by atoms with Crippen LogP contribution in [-0.2, 0) is 9.47 Å². The van der Waals surface area contributed by atoms with Gasteiger partial charge in [0.1, 0.15) is 5.69 Å². The molecule has 2 saturated heterocycles. The highest BCUT2D eigenvalue weighted by atomic mass is 35.5. The molecule has 0 N–H and O–H groups in total. The lowest BCUT2D eigenvalue weighted by Gasteiger charge is -2.38. The Morgan fingerprint density at radius 1 is 1.37 bits per heavy atom. The van der Waals surface area contributed by atoms with Crippen LogP contribution in [0.25, 0.3) is 0 Å². The summed E-state index contributed by atoms with van der Waals surface area (Å²) >= 11 is 5.77. The van der Waals surface area contributed by atoms with Crippen LogP contribution in [0.3, 0.4) is 0 Å². The molecular formula is C13H15ClN2O3. The molecule has 0 atom stereocenters. The second-order valence-corrected chi connectivity index (χ2v) is 5.24. The first-order valence-electron chi connectivity index (χ1n) is 6.37. The minimum Gasteiger partial charge on any atom is -0.346 e. The molecule has 0 saturated carbocycles. The summed E-state index contributed by atoms with van der Waals surface area (Å²) in [6, 6.07) is 3.31. The molecule has 1 aromatic heterocycles. The van der Waals surface area contributed by atoms with E-state index in [1.807, 2.05) is 0 Å². The number of amides is 1. The van der Waals surface area contributed by atoms with Crippen LogP contribution in [0.4, 0.5) is 0 Å². The van der Waals surface area contributed by atoms with E-state index in [1.54, 1.807) is 17.0 Å². The first-order chi connectivity index (χ1) is 9.19. The molecule has 2 fully saturated rings. The first kappa shape index (κ1) is 12.8. The molecule has 2 aliphatic rings. The van der Waals surface area contributed by atoms with Gasteiger partial charge in [-0.15, -0.1) is 0 Å². The van der Waals surface area contributed by atoms with Gasteiger partial charge in [-0.05, 0) is 18.6 Å². The van der Waals surface area contributed by atoms with Gasteiger partial charge in [0.05, 0.1) is 24.8 Å². The van der Waals surface area contributed by atoms with E-state index < -0.39 is 5.79 Å². The van der Waals surface area contributed by atoms with Crippen molar-refractivity contribution in [1.29, 1.82) is 0 Å². The number of likely N-dealkylation sites (tertiary alicyclic amines) is 1. The van der Waals surface area contributed by atoms with E-state index in [0.717, 1.165) is 12.8 Å². The SMILES string of the molecule is O=C(c1ccc(Cl)cn1)N1CCCC2(C1)OCCO2. The van der Waals surface area contributed by atoms with Crippen molar-refractivity contribution < 1.29 is 14.3 Å². The predicted octanol–water partition coefficient (Wildman–Crippen LogP) is 1.71. The molecule has 0 aromatic carbocycles. The van der Waals surface area contributed by atoms with Gasteiger partial charge in [0.25, 0.3) is 5.91 Å². The van der Waals surface area contributed by atoms with Gasteiger partial charge in [-0.2, -0.15) is 0 Å². The third-order valence-corrected chi connectivity index (χ3v) is 3.69. The lowest BCUT2D eigenvalue weighted by Crippen LogP contribution is -2.51. The van der Waals surface area contributed by atoms with Gasteiger partial charge in [-0.3, -0.25) is 4.79 Å². The van der Waals surface area contributed by atoms with Gasteiger partial charge in [-0.25, -0.2) is 4.98 Å². The number of carbonyl (C=O) groups excluding carboxylic acids is 1. The Labute approximate surface area is 116 Å². The molecule has 1 amide bonds. The van der Waals surface area contributed by atoms with E-state index in [9.17, 15) is 4.79 Å². The Morgan fingerprint density at radius 2 is 2.16 bits per heavy atom. The van der Waals surface area contributed by atoms with Crippen LogP contribution in [0.1, 0.15) is 23.3 Å². The van der Waals surface area contributed by atoms with E-state index in [2.05, 4.69) is 4.98 Å². The predicted molar refractivity (Wildman–Crippen MR) is 69.0 cm³/mol. The molecule has 1 aromatic rings. The van der Waals surface area contributed by atoms with Crippen LogP contribution in [0.5, 0.6) is 0 Å². The number of piperidine rings is 1. The molecule has 0 unspecified atom stereocenters. The summed E-state index contributed by atoms with van der Waals surface area (Å²) in [5.74, 6) is -0.699. The topological polar surface area (TPSA) is 51.7 Å². The normalized spacial score (nSPS) is 21.8. The maximum atomic E-state index is 12.4. The number of carbonyl (C=O) groups is 1. The summed E-state index contributed by atoms with van der Waals surface area (Å²) < 4.78 is 11.3. The summed E-state index contributed by atoms with van der Waals surface area (Å²) in [5.41, 5.74) is 0.402. The molecule has 5 nitrogen and oxygen atoms in total.